The predicted molar refractivity (Wildman–Crippen MR) is 86.8 cm³/mol. The van der Waals surface area contributed by atoms with Gasteiger partial charge in [-0.2, -0.15) is 4.98 Å². The standard InChI is InChI=1S/C17H29N3O/c1-6-7-18-16-19-13(3)9-15(20-16)21-14-8-12(2)10-17(4,5)11-14/h9,12,14H,6-8,10-11H2,1-5H3,(H,18,19,20). The molecule has 0 radical (unpaired) electrons. The van der Waals surface area contributed by atoms with Gasteiger partial charge in [0, 0.05) is 18.3 Å². The Morgan fingerprint density at radius 3 is 2.76 bits per heavy atom. The maximum atomic E-state index is 6.17. The van der Waals surface area contributed by atoms with Crippen LogP contribution in [0.1, 0.15) is 59.1 Å². The Morgan fingerprint density at radius 1 is 1.33 bits per heavy atom. The maximum absolute atomic E-state index is 6.17. The van der Waals surface area contributed by atoms with Crippen molar-refractivity contribution in [1.82, 2.24) is 9.97 Å². The highest BCUT2D eigenvalue weighted by Gasteiger charge is 2.33. The summed E-state index contributed by atoms with van der Waals surface area (Å²) in [5.41, 5.74) is 1.30. The average Bonchev–Trinajstić information content (AvgIpc) is 2.33. The van der Waals surface area contributed by atoms with Crippen LogP contribution in [0.3, 0.4) is 0 Å². The Balaban J connectivity index is 2.06. The molecule has 4 nitrogen and oxygen atoms in total. The topological polar surface area (TPSA) is 47.0 Å². The van der Waals surface area contributed by atoms with Gasteiger partial charge in [0.15, 0.2) is 0 Å². The molecule has 21 heavy (non-hydrogen) atoms. The number of aromatic nitrogens is 2. The van der Waals surface area contributed by atoms with Crippen molar-refractivity contribution in [3.8, 4) is 5.88 Å². The Labute approximate surface area is 128 Å². The molecule has 4 heteroatoms. The van der Waals surface area contributed by atoms with Gasteiger partial charge in [-0.15, -0.1) is 0 Å². The molecule has 2 unspecified atom stereocenters. The van der Waals surface area contributed by atoms with E-state index in [1.807, 2.05) is 13.0 Å². The largest absolute Gasteiger partial charge is 0.474 e. The van der Waals surface area contributed by atoms with Gasteiger partial charge in [0.05, 0.1) is 0 Å². The SMILES string of the molecule is CCCNc1nc(C)cc(OC2CC(C)CC(C)(C)C2)n1. The monoisotopic (exact) mass is 291 g/mol. The van der Waals surface area contributed by atoms with E-state index in [2.05, 4.69) is 43.0 Å². The summed E-state index contributed by atoms with van der Waals surface area (Å²) >= 11 is 0. The van der Waals surface area contributed by atoms with Gasteiger partial charge in [0.25, 0.3) is 0 Å². The Bertz CT molecular complexity index is 473. The number of rotatable bonds is 5. The second-order valence-corrected chi connectivity index (χ2v) is 7.25. The molecule has 0 bridgehead atoms. The third-order valence-electron chi connectivity index (χ3n) is 4.00. The lowest BCUT2D eigenvalue weighted by atomic mass is 9.71. The third-order valence-corrected chi connectivity index (χ3v) is 4.00. The molecule has 1 N–H and O–H groups in total. The molecule has 0 saturated heterocycles. The minimum atomic E-state index is 0.261. The summed E-state index contributed by atoms with van der Waals surface area (Å²) in [6.07, 6.45) is 4.81. The molecule has 1 aliphatic rings. The molecule has 1 heterocycles. The molecule has 1 saturated carbocycles. The maximum Gasteiger partial charge on any atom is 0.226 e. The lowest BCUT2D eigenvalue weighted by molar-refractivity contribution is 0.0532. The number of hydrogen-bond acceptors (Lipinski definition) is 4. The molecule has 0 spiro atoms. The van der Waals surface area contributed by atoms with Crippen LogP contribution in [0.15, 0.2) is 6.07 Å². The van der Waals surface area contributed by atoms with E-state index in [0.29, 0.717) is 23.2 Å². The molecule has 0 aliphatic heterocycles. The van der Waals surface area contributed by atoms with Crippen LogP contribution >= 0.6 is 0 Å². The van der Waals surface area contributed by atoms with Crippen LogP contribution < -0.4 is 10.1 Å². The molecule has 1 aromatic rings. The van der Waals surface area contributed by atoms with E-state index in [9.17, 15) is 0 Å². The van der Waals surface area contributed by atoms with Gasteiger partial charge < -0.3 is 10.1 Å². The van der Waals surface area contributed by atoms with Crippen molar-refractivity contribution in [2.45, 2.75) is 66.4 Å². The van der Waals surface area contributed by atoms with Crippen molar-refractivity contribution in [1.29, 1.82) is 0 Å². The van der Waals surface area contributed by atoms with Crippen molar-refractivity contribution in [2.75, 3.05) is 11.9 Å². The van der Waals surface area contributed by atoms with Crippen molar-refractivity contribution in [2.24, 2.45) is 11.3 Å². The number of nitrogens with one attached hydrogen (secondary N) is 1. The first-order chi connectivity index (χ1) is 9.88. The summed E-state index contributed by atoms with van der Waals surface area (Å²) in [5, 5.41) is 3.24. The van der Waals surface area contributed by atoms with Gasteiger partial charge in [-0.25, -0.2) is 4.98 Å². The number of nitrogens with zero attached hydrogens (tertiary/aromatic N) is 2. The van der Waals surface area contributed by atoms with Crippen LogP contribution in [-0.4, -0.2) is 22.6 Å². The number of anilines is 1. The molecule has 0 amide bonds. The zero-order valence-electron chi connectivity index (χ0n) is 14.1. The molecule has 1 aromatic heterocycles. The zero-order valence-corrected chi connectivity index (χ0v) is 14.1. The fraction of sp³-hybridized carbons (Fsp3) is 0.765. The summed E-state index contributed by atoms with van der Waals surface area (Å²) in [4.78, 5) is 8.90. The summed E-state index contributed by atoms with van der Waals surface area (Å²) < 4.78 is 6.17. The van der Waals surface area contributed by atoms with E-state index in [1.54, 1.807) is 0 Å². The number of aryl methyl sites for hydroxylation is 1. The number of hydrogen-bond donors (Lipinski definition) is 1. The Hall–Kier alpha value is -1.32. The van der Waals surface area contributed by atoms with E-state index in [4.69, 9.17) is 4.74 Å². The second kappa shape index (κ2) is 6.63. The van der Waals surface area contributed by atoms with E-state index in [1.165, 1.54) is 6.42 Å². The van der Waals surface area contributed by atoms with E-state index < -0.39 is 0 Å². The normalized spacial score (nSPS) is 24.6. The molecule has 2 atom stereocenters. The van der Waals surface area contributed by atoms with E-state index in [0.717, 1.165) is 31.5 Å². The summed E-state index contributed by atoms with van der Waals surface area (Å²) in [6, 6.07) is 1.93. The van der Waals surface area contributed by atoms with Gasteiger partial charge in [-0.1, -0.05) is 27.7 Å². The lowest BCUT2D eigenvalue weighted by Crippen LogP contribution is -2.34. The van der Waals surface area contributed by atoms with Crippen LogP contribution in [-0.2, 0) is 0 Å². The Kier molecular flexibility index (Phi) is 5.07. The van der Waals surface area contributed by atoms with Crippen LogP contribution in [0.25, 0.3) is 0 Å². The van der Waals surface area contributed by atoms with Crippen LogP contribution in [0.5, 0.6) is 5.88 Å². The van der Waals surface area contributed by atoms with Crippen molar-refractivity contribution >= 4 is 5.95 Å². The predicted octanol–water partition coefficient (Wildman–Crippen LogP) is 4.20. The molecule has 0 aromatic carbocycles. The molecule has 1 aliphatic carbocycles. The summed E-state index contributed by atoms with van der Waals surface area (Å²) in [7, 11) is 0. The van der Waals surface area contributed by atoms with Crippen molar-refractivity contribution in [3.63, 3.8) is 0 Å². The van der Waals surface area contributed by atoms with Gasteiger partial charge in [-0.3, -0.25) is 0 Å². The summed E-state index contributed by atoms with van der Waals surface area (Å²) in [5.74, 6) is 2.09. The molecule has 118 valence electrons. The smallest absolute Gasteiger partial charge is 0.226 e. The minimum Gasteiger partial charge on any atom is -0.474 e. The quantitative estimate of drug-likeness (QED) is 0.883. The fourth-order valence-corrected chi connectivity index (χ4v) is 3.43. The zero-order chi connectivity index (χ0) is 15.5. The molecule has 2 rings (SSSR count). The molecular weight excluding hydrogens is 262 g/mol. The second-order valence-electron chi connectivity index (χ2n) is 7.25. The average molecular weight is 291 g/mol. The first-order valence-electron chi connectivity index (χ1n) is 8.14. The van der Waals surface area contributed by atoms with Gasteiger partial charge >= 0.3 is 0 Å². The van der Waals surface area contributed by atoms with Crippen LogP contribution in [0.2, 0.25) is 0 Å². The van der Waals surface area contributed by atoms with Gasteiger partial charge in [-0.05, 0) is 43.9 Å². The van der Waals surface area contributed by atoms with Crippen LogP contribution in [0.4, 0.5) is 5.95 Å². The van der Waals surface area contributed by atoms with Crippen molar-refractivity contribution < 1.29 is 4.74 Å². The van der Waals surface area contributed by atoms with Gasteiger partial charge in [0.2, 0.25) is 11.8 Å². The highest BCUT2D eigenvalue weighted by Crippen LogP contribution is 2.39. The van der Waals surface area contributed by atoms with E-state index in [-0.39, 0.29) is 6.10 Å². The first-order valence-corrected chi connectivity index (χ1v) is 8.14. The van der Waals surface area contributed by atoms with Crippen LogP contribution in [0, 0.1) is 18.3 Å². The van der Waals surface area contributed by atoms with Gasteiger partial charge in [0.1, 0.15) is 6.10 Å². The first kappa shape index (κ1) is 16.1. The van der Waals surface area contributed by atoms with Crippen molar-refractivity contribution in [3.05, 3.63) is 11.8 Å². The van der Waals surface area contributed by atoms with E-state index >= 15 is 0 Å². The summed E-state index contributed by atoms with van der Waals surface area (Å²) in [6.45, 7) is 12.0. The lowest BCUT2D eigenvalue weighted by Gasteiger charge is -2.38. The third kappa shape index (κ3) is 4.87. The fourth-order valence-electron chi connectivity index (χ4n) is 3.43. The highest BCUT2D eigenvalue weighted by atomic mass is 16.5. The number of ether oxygens (including phenoxy) is 1. The Morgan fingerprint density at radius 2 is 2.10 bits per heavy atom. The minimum absolute atomic E-state index is 0.261. The molecule has 1 fully saturated rings. The highest BCUT2D eigenvalue weighted by molar-refractivity contribution is 5.30. The molecular formula is C17H29N3O.